The van der Waals surface area contributed by atoms with Crippen LogP contribution in [0.1, 0.15) is 37.3 Å². The smallest absolute Gasteiger partial charge is 0.0995 e. The number of nitriles is 1. The second-order valence-corrected chi connectivity index (χ2v) is 5.18. The topological polar surface area (TPSA) is 35.8 Å². The lowest BCUT2D eigenvalue weighted by molar-refractivity contribution is 0.470. The third kappa shape index (κ3) is 3.31. The average molecular weight is 228 g/mol. The Labute approximate surface area is 104 Å². The molecule has 0 amide bonds. The quantitative estimate of drug-likeness (QED) is 0.859. The van der Waals surface area contributed by atoms with Crippen molar-refractivity contribution in [3.63, 3.8) is 0 Å². The van der Waals surface area contributed by atoms with Crippen LogP contribution in [-0.4, -0.2) is 6.54 Å². The molecule has 2 heteroatoms. The van der Waals surface area contributed by atoms with Crippen LogP contribution in [0.3, 0.4) is 0 Å². The number of rotatable bonds is 4. The molecule has 1 aromatic rings. The third-order valence-electron chi connectivity index (χ3n) is 3.69. The van der Waals surface area contributed by atoms with Gasteiger partial charge in [0.15, 0.2) is 0 Å². The molecule has 2 unspecified atom stereocenters. The molecule has 1 fully saturated rings. The zero-order valence-electron chi connectivity index (χ0n) is 10.4. The van der Waals surface area contributed by atoms with Crippen molar-refractivity contribution in [1.29, 1.82) is 5.26 Å². The highest BCUT2D eigenvalue weighted by Gasteiger charge is 2.20. The summed E-state index contributed by atoms with van der Waals surface area (Å²) < 4.78 is 0. The zero-order chi connectivity index (χ0) is 12.1. The minimum atomic E-state index is 0.791. The molecule has 0 aliphatic heterocycles. The van der Waals surface area contributed by atoms with E-state index >= 15 is 0 Å². The van der Waals surface area contributed by atoms with Gasteiger partial charge in [-0.1, -0.05) is 31.5 Å². The highest BCUT2D eigenvalue weighted by molar-refractivity contribution is 5.37. The molecule has 0 aromatic heterocycles. The lowest BCUT2D eigenvalue weighted by Crippen LogP contribution is -2.21. The lowest BCUT2D eigenvalue weighted by atomic mass is 10.1. The number of nitrogens with one attached hydrogen (secondary N) is 1. The molecule has 90 valence electrons. The van der Waals surface area contributed by atoms with E-state index in [1.54, 1.807) is 0 Å². The number of hydrogen-bond acceptors (Lipinski definition) is 2. The number of nitrogens with zero attached hydrogens (tertiary/aromatic N) is 1. The Balaban J connectivity index is 1.80. The van der Waals surface area contributed by atoms with Crippen LogP contribution in [0, 0.1) is 23.2 Å². The Bertz CT molecular complexity index is 406. The first-order valence-corrected chi connectivity index (χ1v) is 6.48. The van der Waals surface area contributed by atoms with Crippen LogP contribution >= 0.6 is 0 Å². The summed E-state index contributed by atoms with van der Waals surface area (Å²) in [5.74, 6) is 1.73. The number of hydrogen-bond donors (Lipinski definition) is 1. The number of benzene rings is 1. The monoisotopic (exact) mass is 228 g/mol. The fourth-order valence-corrected chi connectivity index (χ4v) is 2.70. The molecule has 0 spiro atoms. The Morgan fingerprint density at radius 3 is 2.88 bits per heavy atom. The van der Waals surface area contributed by atoms with Crippen LogP contribution in [-0.2, 0) is 6.54 Å². The molecule has 1 saturated carbocycles. The van der Waals surface area contributed by atoms with Gasteiger partial charge < -0.3 is 5.32 Å². The van der Waals surface area contributed by atoms with Crippen LogP contribution in [0.2, 0.25) is 0 Å². The van der Waals surface area contributed by atoms with E-state index in [4.69, 9.17) is 5.26 Å². The summed E-state index contributed by atoms with van der Waals surface area (Å²) in [6.45, 7) is 4.24. The summed E-state index contributed by atoms with van der Waals surface area (Å²) >= 11 is 0. The minimum Gasteiger partial charge on any atom is -0.312 e. The maximum Gasteiger partial charge on any atom is 0.0995 e. The molecule has 0 heterocycles. The summed E-state index contributed by atoms with van der Waals surface area (Å²) in [4.78, 5) is 0. The normalized spacial score (nSPS) is 23.5. The van der Waals surface area contributed by atoms with Crippen molar-refractivity contribution in [2.45, 2.75) is 32.7 Å². The van der Waals surface area contributed by atoms with Crippen molar-refractivity contribution < 1.29 is 0 Å². The predicted octanol–water partition coefficient (Wildman–Crippen LogP) is 3.08. The van der Waals surface area contributed by atoms with Crippen LogP contribution in [0.5, 0.6) is 0 Å². The SMILES string of the molecule is CC1CCC(CNCc2ccccc2C#N)C1. The van der Waals surface area contributed by atoms with E-state index in [1.807, 2.05) is 24.3 Å². The molecule has 2 atom stereocenters. The van der Waals surface area contributed by atoms with Gasteiger partial charge >= 0.3 is 0 Å². The largest absolute Gasteiger partial charge is 0.312 e. The highest BCUT2D eigenvalue weighted by atomic mass is 14.9. The van der Waals surface area contributed by atoms with Gasteiger partial charge in [0.1, 0.15) is 0 Å². The molecular weight excluding hydrogens is 208 g/mol. The predicted molar refractivity (Wildman–Crippen MR) is 69.4 cm³/mol. The summed E-state index contributed by atoms with van der Waals surface area (Å²) in [6.07, 6.45) is 4.09. The van der Waals surface area contributed by atoms with Gasteiger partial charge in [0.25, 0.3) is 0 Å². The van der Waals surface area contributed by atoms with Crippen LogP contribution in [0.25, 0.3) is 0 Å². The first-order chi connectivity index (χ1) is 8.29. The van der Waals surface area contributed by atoms with Gasteiger partial charge in [-0.25, -0.2) is 0 Å². The first kappa shape index (κ1) is 12.1. The second-order valence-electron chi connectivity index (χ2n) is 5.18. The van der Waals surface area contributed by atoms with Gasteiger partial charge in [-0.15, -0.1) is 0 Å². The van der Waals surface area contributed by atoms with E-state index in [-0.39, 0.29) is 0 Å². The molecule has 0 radical (unpaired) electrons. The van der Waals surface area contributed by atoms with E-state index in [2.05, 4.69) is 18.3 Å². The standard InChI is InChI=1S/C15H20N2/c1-12-6-7-13(8-12)10-17-11-15-5-3-2-4-14(15)9-16/h2-5,12-13,17H,6-8,10-11H2,1H3. The maximum atomic E-state index is 8.99. The minimum absolute atomic E-state index is 0.791. The average Bonchev–Trinajstić information content (AvgIpc) is 2.76. The summed E-state index contributed by atoms with van der Waals surface area (Å²) in [6, 6.07) is 10.1. The Hall–Kier alpha value is -1.33. The fraction of sp³-hybridized carbons (Fsp3) is 0.533. The van der Waals surface area contributed by atoms with Gasteiger partial charge in [-0.05, 0) is 42.9 Å². The second kappa shape index (κ2) is 5.84. The molecule has 2 rings (SSSR count). The molecule has 1 N–H and O–H groups in total. The summed E-state index contributed by atoms with van der Waals surface area (Å²) in [5, 5.41) is 12.5. The van der Waals surface area contributed by atoms with E-state index in [1.165, 1.54) is 19.3 Å². The molecule has 17 heavy (non-hydrogen) atoms. The van der Waals surface area contributed by atoms with Crippen molar-refractivity contribution in [3.8, 4) is 6.07 Å². The van der Waals surface area contributed by atoms with E-state index in [9.17, 15) is 0 Å². The van der Waals surface area contributed by atoms with Gasteiger partial charge in [-0.3, -0.25) is 0 Å². The van der Waals surface area contributed by atoms with Crippen molar-refractivity contribution in [2.75, 3.05) is 6.54 Å². The van der Waals surface area contributed by atoms with E-state index in [0.717, 1.165) is 36.1 Å². The first-order valence-electron chi connectivity index (χ1n) is 6.48. The fourth-order valence-electron chi connectivity index (χ4n) is 2.70. The Morgan fingerprint density at radius 1 is 1.35 bits per heavy atom. The van der Waals surface area contributed by atoms with Crippen LogP contribution < -0.4 is 5.32 Å². The van der Waals surface area contributed by atoms with Crippen molar-refractivity contribution >= 4 is 0 Å². The highest BCUT2D eigenvalue weighted by Crippen LogP contribution is 2.29. The van der Waals surface area contributed by atoms with Crippen molar-refractivity contribution in [1.82, 2.24) is 5.32 Å². The van der Waals surface area contributed by atoms with Gasteiger partial charge in [0.2, 0.25) is 0 Å². The van der Waals surface area contributed by atoms with Gasteiger partial charge in [0.05, 0.1) is 11.6 Å². The zero-order valence-corrected chi connectivity index (χ0v) is 10.4. The lowest BCUT2D eigenvalue weighted by Gasteiger charge is -2.11. The molecule has 1 aliphatic rings. The molecule has 1 aromatic carbocycles. The van der Waals surface area contributed by atoms with Gasteiger partial charge in [0, 0.05) is 6.54 Å². The third-order valence-corrected chi connectivity index (χ3v) is 3.69. The molecule has 2 nitrogen and oxygen atoms in total. The summed E-state index contributed by atoms with van der Waals surface area (Å²) in [5.41, 5.74) is 1.90. The van der Waals surface area contributed by atoms with Crippen LogP contribution in [0.4, 0.5) is 0 Å². The van der Waals surface area contributed by atoms with Crippen molar-refractivity contribution in [3.05, 3.63) is 35.4 Å². The summed E-state index contributed by atoms with van der Waals surface area (Å²) in [7, 11) is 0. The van der Waals surface area contributed by atoms with Crippen molar-refractivity contribution in [2.24, 2.45) is 11.8 Å². The van der Waals surface area contributed by atoms with Gasteiger partial charge in [-0.2, -0.15) is 5.26 Å². The molecule has 0 saturated heterocycles. The molecule has 1 aliphatic carbocycles. The van der Waals surface area contributed by atoms with Crippen LogP contribution in [0.15, 0.2) is 24.3 Å². The molecule has 0 bridgehead atoms. The van der Waals surface area contributed by atoms with E-state index < -0.39 is 0 Å². The Kier molecular flexibility index (Phi) is 4.17. The van der Waals surface area contributed by atoms with E-state index in [0.29, 0.717) is 0 Å². The Morgan fingerprint density at radius 2 is 2.18 bits per heavy atom. The molecular formula is C15H20N2. The maximum absolute atomic E-state index is 8.99.